The fourth-order valence-corrected chi connectivity index (χ4v) is 1.04. The molecule has 0 saturated heterocycles. The number of carbonyl (C=O) groups is 2. The summed E-state index contributed by atoms with van der Waals surface area (Å²) < 4.78 is 10.2. The van der Waals surface area contributed by atoms with Gasteiger partial charge in [-0.05, 0) is 34.1 Å². The van der Waals surface area contributed by atoms with Gasteiger partial charge in [0.2, 0.25) is 5.91 Å². The van der Waals surface area contributed by atoms with Crippen LogP contribution in [-0.4, -0.2) is 36.7 Å². The largest absolute Gasteiger partial charge is 0.458 e. The van der Waals surface area contributed by atoms with E-state index in [0.29, 0.717) is 6.61 Å². The molecule has 1 atom stereocenters. The summed E-state index contributed by atoms with van der Waals surface area (Å²) in [6.07, 6.45) is 0.856. The van der Waals surface area contributed by atoms with Gasteiger partial charge in [0.15, 0.2) is 0 Å². The zero-order valence-corrected chi connectivity index (χ0v) is 11.3. The molecular weight excluding hydrogens is 222 g/mol. The number of esters is 1. The van der Waals surface area contributed by atoms with Crippen LogP contribution >= 0.6 is 0 Å². The quantitative estimate of drug-likeness (QED) is 0.565. The van der Waals surface area contributed by atoms with Crippen LogP contribution in [0, 0.1) is 0 Å². The second-order valence-electron chi connectivity index (χ2n) is 4.88. The minimum absolute atomic E-state index is 0.0268. The Morgan fingerprint density at radius 1 is 1.29 bits per heavy atom. The molecule has 0 heterocycles. The number of rotatable bonds is 6. The van der Waals surface area contributed by atoms with Gasteiger partial charge >= 0.3 is 5.97 Å². The van der Waals surface area contributed by atoms with Gasteiger partial charge in [-0.3, -0.25) is 4.79 Å². The first kappa shape index (κ1) is 15.9. The highest BCUT2D eigenvalue weighted by Crippen LogP contribution is 2.08. The molecule has 5 heteroatoms. The monoisotopic (exact) mass is 245 g/mol. The van der Waals surface area contributed by atoms with Gasteiger partial charge in [0.05, 0.1) is 0 Å². The molecule has 17 heavy (non-hydrogen) atoms. The smallest absolute Gasteiger partial charge is 0.328 e. The lowest BCUT2D eigenvalue weighted by atomic mass is 10.2. The van der Waals surface area contributed by atoms with Gasteiger partial charge in [0.25, 0.3) is 0 Å². The van der Waals surface area contributed by atoms with Gasteiger partial charge in [0.1, 0.15) is 18.2 Å². The molecule has 5 nitrogen and oxygen atoms in total. The SMILES string of the molecule is CCCOCC(=O)N[C@@H](C)C(=O)OC(C)(C)C. The van der Waals surface area contributed by atoms with Crippen LogP contribution in [0.3, 0.4) is 0 Å². The summed E-state index contributed by atoms with van der Waals surface area (Å²) in [4.78, 5) is 22.9. The molecule has 0 rings (SSSR count). The highest BCUT2D eigenvalue weighted by molar-refractivity contribution is 5.84. The van der Waals surface area contributed by atoms with Crippen molar-refractivity contribution in [3.63, 3.8) is 0 Å². The van der Waals surface area contributed by atoms with Gasteiger partial charge in [-0.2, -0.15) is 0 Å². The van der Waals surface area contributed by atoms with E-state index in [9.17, 15) is 9.59 Å². The molecule has 0 aromatic carbocycles. The van der Waals surface area contributed by atoms with E-state index >= 15 is 0 Å². The topological polar surface area (TPSA) is 64.6 Å². The second-order valence-corrected chi connectivity index (χ2v) is 4.88. The van der Waals surface area contributed by atoms with Crippen molar-refractivity contribution in [2.24, 2.45) is 0 Å². The van der Waals surface area contributed by atoms with Crippen molar-refractivity contribution < 1.29 is 19.1 Å². The predicted octanol–water partition coefficient (Wildman–Crippen LogP) is 1.26. The number of carbonyl (C=O) groups excluding carboxylic acids is 2. The number of amides is 1. The first-order chi connectivity index (χ1) is 7.76. The number of ether oxygens (including phenoxy) is 2. The Balaban J connectivity index is 3.95. The zero-order chi connectivity index (χ0) is 13.5. The molecule has 0 spiro atoms. The Morgan fingerprint density at radius 2 is 1.88 bits per heavy atom. The third-order valence-electron chi connectivity index (χ3n) is 1.72. The number of hydrogen-bond donors (Lipinski definition) is 1. The Kier molecular flexibility index (Phi) is 6.80. The predicted molar refractivity (Wildman–Crippen MR) is 64.6 cm³/mol. The molecule has 0 saturated carbocycles. The second kappa shape index (κ2) is 7.27. The van der Waals surface area contributed by atoms with Gasteiger partial charge < -0.3 is 14.8 Å². The maximum atomic E-state index is 11.5. The lowest BCUT2D eigenvalue weighted by Crippen LogP contribution is -2.43. The van der Waals surface area contributed by atoms with Crippen LogP contribution in [-0.2, 0) is 19.1 Å². The molecule has 0 unspecified atom stereocenters. The zero-order valence-electron chi connectivity index (χ0n) is 11.3. The van der Waals surface area contributed by atoms with Crippen LogP contribution in [0.1, 0.15) is 41.0 Å². The van der Waals surface area contributed by atoms with Crippen molar-refractivity contribution in [3.8, 4) is 0 Å². The normalized spacial score (nSPS) is 13.0. The molecular formula is C12H23NO4. The highest BCUT2D eigenvalue weighted by atomic mass is 16.6. The molecule has 0 aliphatic heterocycles. The molecule has 0 fully saturated rings. The summed E-state index contributed by atoms with van der Waals surface area (Å²) >= 11 is 0. The van der Waals surface area contributed by atoms with Crippen molar-refractivity contribution in [2.45, 2.75) is 52.7 Å². The first-order valence-electron chi connectivity index (χ1n) is 5.86. The van der Waals surface area contributed by atoms with E-state index in [1.165, 1.54) is 0 Å². The van der Waals surface area contributed by atoms with Crippen LogP contribution in [0.5, 0.6) is 0 Å². The molecule has 0 aliphatic carbocycles. The minimum Gasteiger partial charge on any atom is -0.458 e. The summed E-state index contributed by atoms with van der Waals surface area (Å²) in [5.74, 6) is -0.752. The Hall–Kier alpha value is -1.10. The molecule has 0 aromatic heterocycles. The molecule has 0 aliphatic rings. The molecule has 1 N–H and O–H groups in total. The average molecular weight is 245 g/mol. The Morgan fingerprint density at radius 3 is 2.35 bits per heavy atom. The van der Waals surface area contributed by atoms with Crippen molar-refractivity contribution in [1.29, 1.82) is 0 Å². The van der Waals surface area contributed by atoms with Gasteiger partial charge in [0, 0.05) is 6.61 Å². The van der Waals surface area contributed by atoms with E-state index in [1.54, 1.807) is 27.7 Å². The van der Waals surface area contributed by atoms with Crippen LogP contribution in [0.15, 0.2) is 0 Å². The fourth-order valence-electron chi connectivity index (χ4n) is 1.04. The van der Waals surface area contributed by atoms with Gasteiger partial charge in [-0.1, -0.05) is 6.92 Å². The fraction of sp³-hybridized carbons (Fsp3) is 0.833. The van der Waals surface area contributed by atoms with Gasteiger partial charge in [-0.15, -0.1) is 0 Å². The lowest BCUT2D eigenvalue weighted by molar-refractivity contribution is -0.158. The van der Waals surface area contributed by atoms with Crippen molar-refractivity contribution >= 4 is 11.9 Å². The van der Waals surface area contributed by atoms with E-state index in [4.69, 9.17) is 9.47 Å². The molecule has 100 valence electrons. The van der Waals surface area contributed by atoms with E-state index < -0.39 is 17.6 Å². The van der Waals surface area contributed by atoms with E-state index in [0.717, 1.165) is 6.42 Å². The first-order valence-corrected chi connectivity index (χ1v) is 5.86. The minimum atomic E-state index is -0.660. The lowest BCUT2D eigenvalue weighted by Gasteiger charge is -2.22. The molecule has 0 bridgehead atoms. The van der Waals surface area contributed by atoms with Gasteiger partial charge in [-0.25, -0.2) is 4.79 Å². The van der Waals surface area contributed by atoms with Crippen molar-refractivity contribution in [2.75, 3.05) is 13.2 Å². The van der Waals surface area contributed by atoms with Crippen LogP contribution < -0.4 is 5.32 Å². The summed E-state index contributed by atoms with van der Waals surface area (Å²) in [6.45, 7) is 9.40. The average Bonchev–Trinajstić information content (AvgIpc) is 2.15. The van der Waals surface area contributed by atoms with Crippen LogP contribution in [0.25, 0.3) is 0 Å². The van der Waals surface area contributed by atoms with E-state index in [-0.39, 0.29) is 12.5 Å². The van der Waals surface area contributed by atoms with Crippen molar-refractivity contribution in [1.82, 2.24) is 5.32 Å². The maximum Gasteiger partial charge on any atom is 0.328 e. The molecule has 1 amide bonds. The van der Waals surface area contributed by atoms with Crippen molar-refractivity contribution in [3.05, 3.63) is 0 Å². The molecule has 0 aromatic rings. The third-order valence-corrected chi connectivity index (χ3v) is 1.72. The Labute approximate surface area is 103 Å². The summed E-state index contributed by atoms with van der Waals surface area (Å²) in [7, 11) is 0. The van der Waals surface area contributed by atoms with Crippen LogP contribution in [0.4, 0.5) is 0 Å². The van der Waals surface area contributed by atoms with Crippen LogP contribution in [0.2, 0.25) is 0 Å². The summed E-state index contributed by atoms with van der Waals surface area (Å²) in [5, 5.41) is 2.52. The number of hydrogen-bond acceptors (Lipinski definition) is 4. The maximum absolute atomic E-state index is 11.5. The van der Waals surface area contributed by atoms with E-state index in [1.807, 2.05) is 6.92 Å². The third kappa shape index (κ3) is 8.68. The Bertz CT molecular complexity index is 258. The summed E-state index contributed by atoms with van der Waals surface area (Å²) in [5.41, 5.74) is -0.547. The number of nitrogens with one attached hydrogen (secondary N) is 1. The van der Waals surface area contributed by atoms with E-state index in [2.05, 4.69) is 5.32 Å². The molecule has 0 radical (unpaired) electrons. The highest BCUT2D eigenvalue weighted by Gasteiger charge is 2.22. The standard InChI is InChI=1S/C12H23NO4/c1-6-7-16-8-10(14)13-9(2)11(15)17-12(3,4)5/h9H,6-8H2,1-5H3,(H,13,14)/t9-/m0/s1. The summed E-state index contributed by atoms with van der Waals surface area (Å²) in [6, 6.07) is -0.660.